The highest BCUT2D eigenvalue weighted by Crippen LogP contribution is 2.18. The number of rotatable bonds is 3. The summed E-state index contributed by atoms with van der Waals surface area (Å²) in [7, 11) is 0. The van der Waals surface area contributed by atoms with Crippen LogP contribution in [0.3, 0.4) is 0 Å². The lowest BCUT2D eigenvalue weighted by Crippen LogP contribution is -1.98. The van der Waals surface area contributed by atoms with E-state index < -0.39 is 28.8 Å². The van der Waals surface area contributed by atoms with Gasteiger partial charge in [0.05, 0.1) is 5.56 Å². The highest BCUT2D eigenvalue weighted by Gasteiger charge is 2.11. The minimum atomic E-state index is -1.22. The largest absolute Gasteiger partial charge is 0.298 e. The lowest BCUT2D eigenvalue weighted by atomic mass is 10.0. The van der Waals surface area contributed by atoms with Gasteiger partial charge in [-0.3, -0.25) is 4.79 Å². The Kier molecular flexibility index (Phi) is 3.64. The van der Waals surface area contributed by atoms with Crippen molar-refractivity contribution in [1.82, 2.24) is 0 Å². The topological polar surface area (TPSA) is 17.1 Å². The number of carbonyl (C=O) groups is 1. The molecule has 0 unspecified atom stereocenters. The summed E-state index contributed by atoms with van der Waals surface area (Å²) in [6, 6.07) is 5.35. The van der Waals surface area contributed by atoms with E-state index >= 15 is 0 Å². The molecule has 0 amide bonds. The van der Waals surface area contributed by atoms with E-state index in [0.717, 1.165) is 18.2 Å². The van der Waals surface area contributed by atoms with E-state index in [-0.39, 0.29) is 12.7 Å². The van der Waals surface area contributed by atoms with Gasteiger partial charge >= 0.3 is 0 Å². The van der Waals surface area contributed by atoms with Crippen LogP contribution < -0.4 is 0 Å². The van der Waals surface area contributed by atoms with Crippen molar-refractivity contribution in [2.75, 3.05) is 0 Å². The molecule has 19 heavy (non-hydrogen) atoms. The fraction of sp³-hybridized carbons (Fsp3) is 0.0714. The first kappa shape index (κ1) is 13.3. The van der Waals surface area contributed by atoms with Crippen molar-refractivity contribution in [3.05, 3.63) is 70.3 Å². The van der Waals surface area contributed by atoms with Crippen LogP contribution in [0, 0.1) is 23.3 Å². The van der Waals surface area contributed by atoms with Crippen LogP contribution in [0.1, 0.15) is 21.5 Å². The van der Waals surface area contributed by atoms with E-state index in [9.17, 15) is 22.4 Å². The molecule has 0 atom stereocenters. The van der Waals surface area contributed by atoms with Crippen molar-refractivity contribution in [3.63, 3.8) is 0 Å². The van der Waals surface area contributed by atoms with Gasteiger partial charge in [-0.15, -0.1) is 0 Å². The van der Waals surface area contributed by atoms with Gasteiger partial charge < -0.3 is 0 Å². The monoisotopic (exact) mass is 268 g/mol. The molecule has 0 N–H and O–H groups in total. The van der Waals surface area contributed by atoms with Crippen LogP contribution in [-0.2, 0) is 6.42 Å². The first-order chi connectivity index (χ1) is 9.01. The average molecular weight is 268 g/mol. The van der Waals surface area contributed by atoms with Crippen LogP contribution >= 0.6 is 0 Å². The van der Waals surface area contributed by atoms with E-state index in [0.29, 0.717) is 11.1 Å². The third-order valence-electron chi connectivity index (χ3n) is 2.64. The molecular formula is C14H8F4O. The predicted octanol–water partition coefficient (Wildman–Crippen LogP) is 3.65. The molecule has 0 spiro atoms. The van der Waals surface area contributed by atoms with Crippen LogP contribution in [0.4, 0.5) is 17.6 Å². The first-order valence-electron chi connectivity index (χ1n) is 5.38. The second kappa shape index (κ2) is 5.22. The van der Waals surface area contributed by atoms with Crippen molar-refractivity contribution in [1.29, 1.82) is 0 Å². The lowest BCUT2D eigenvalue weighted by molar-refractivity contribution is 0.111. The van der Waals surface area contributed by atoms with Crippen LogP contribution in [0.2, 0.25) is 0 Å². The summed E-state index contributed by atoms with van der Waals surface area (Å²) < 4.78 is 52.1. The van der Waals surface area contributed by atoms with Crippen molar-refractivity contribution in [3.8, 4) is 0 Å². The Labute approximate surface area is 106 Å². The zero-order valence-corrected chi connectivity index (χ0v) is 9.59. The van der Waals surface area contributed by atoms with E-state index in [4.69, 9.17) is 0 Å². The molecule has 2 aromatic carbocycles. The predicted molar refractivity (Wildman–Crippen MR) is 60.9 cm³/mol. The molecule has 2 aromatic rings. The molecule has 0 aromatic heterocycles. The lowest BCUT2D eigenvalue weighted by Gasteiger charge is -2.05. The van der Waals surface area contributed by atoms with Gasteiger partial charge in [0, 0.05) is 0 Å². The van der Waals surface area contributed by atoms with Gasteiger partial charge in [0.1, 0.15) is 0 Å². The number of carbonyl (C=O) groups excluding carboxylic acids is 1. The molecule has 0 bridgehead atoms. The third-order valence-corrected chi connectivity index (χ3v) is 2.64. The van der Waals surface area contributed by atoms with Gasteiger partial charge in [-0.2, -0.15) is 0 Å². The number of hydrogen-bond acceptors (Lipinski definition) is 1. The fourth-order valence-electron chi connectivity index (χ4n) is 1.74. The Hall–Kier alpha value is -2.17. The molecule has 0 radical (unpaired) electrons. The maximum atomic E-state index is 13.2. The van der Waals surface area contributed by atoms with Gasteiger partial charge in [-0.25, -0.2) is 17.6 Å². The first-order valence-corrected chi connectivity index (χ1v) is 5.38. The van der Waals surface area contributed by atoms with Crippen molar-refractivity contribution in [2.24, 2.45) is 0 Å². The van der Waals surface area contributed by atoms with Crippen molar-refractivity contribution < 1.29 is 22.4 Å². The van der Waals surface area contributed by atoms with Crippen LogP contribution in [0.25, 0.3) is 0 Å². The molecule has 0 aliphatic heterocycles. The Morgan fingerprint density at radius 2 is 1.53 bits per heavy atom. The Morgan fingerprint density at radius 3 is 2.16 bits per heavy atom. The van der Waals surface area contributed by atoms with Crippen molar-refractivity contribution in [2.45, 2.75) is 6.42 Å². The summed E-state index contributed by atoms with van der Waals surface area (Å²) in [6.07, 6.45) is 0.266. The molecular weight excluding hydrogens is 260 g/mol. The number of benzene rings is 2. The number of hydrogen-bond donors (Lipinski definition) is 0. The normalized spacial score (nSPS) is 10.5. The Balaban J connectivity index is 2.35. The molecule has 0 saturated carbocycles. The minimum Gasteiger partial charge on any atom is -0.298 e. The molecule has 2 rings (SSSR count). The third kappa shape index (κ3) is 2.81. The zero-order chi connectivity index (χ0) is 14.0. The molecule has 0 aliphatic carbocycles. The zero-order valence-electron chi connectivity index (χ0n) is 9.59. The summed E-state index contributed by atoms with van der Waals surface area (Å²) in [6.45, 7) is 0. The molecule has 0 aliphatic rings. The van der Waals surface area contributed by atoms with Gasteiger partial charge in [-0.05, 0) is 41.8 Å². The summed E-state index contributed by atoms with van der Waals surface area (Å²) in [5, 5.41) is 0. The van der Waals surface area contributed by atoms with E-state index in [1.165, 1.54) is 12.1 Å². The van der Waals surface area contributed by atoms with Crippen LogP contribution in [0.15, 0.2) is 30.3 Å². The summed E-state index contributed by atoms with van der Waals surface area (Å²) >= 11 is 0. The summed E-state index contributed by atoms with van der Waals surface area (Å²) in [5.74, 6) is -4.37. The fourth-order valence-corrected chi connectivity index (χ4v) is 1.74. The number of halogens is 4. The highest BCUT2D eigenvalue weighted by molar-refractivity contribution is 5.75. The van der Waals surface area contributed by atoms with E-state index in [2.05, 4.69) is 0 Å². The van der Waals surface area contributed by atoms with Crippen LogP contribution in [-0.4, -0.2) is 6.29 Å². The Morgan fingerprint density at radius 1 is 0.842 bits per heavy atom. The van der Waals surface area contributed by atoms with Gasteiger partial charge in [0.25, 0.3) is 0 Å². The van der Waals surface area contributed by atoms with Crippen molar-refractivity contribution >= 4 is 6.29 Å². The smallest absolute Gasteiger partial charge is 0.169 e. The average Bonchev–Trinajstić information content (AvgIpc) is 2.38. The SMILES string of the molecule is O=Cc1cc(Cc2ccc(F)c(F)c2)cc(F)c1F. The molecule has 0 heterocycles. The minimum absolute atomic E-state index is 0.0647. The molecule has 0 saturated heterocycles. The number of aldehydes is 1. The molecule has 0 fully saturated rings. The quantitative estimate of drug-likeness (QED) is 0.613. The van der Waals surface area contributed by atoms with E-state index in [1.54, 1.807) is 0 Å². The Bertz CT molecular complexity index is 638. The molecule has 1 nitrogen and oxygen atoms in total. The standard InChI is InChI=1S/C14H8F4O/c15-11-2-1-8(5-12(11)16)3-9-4-10(7-19)14(18)13(17)6-9/h1-2,4-7H,3H2. The highest BCUT2D eigenvalue weighted by atomic mass is 19.2. The summed E-state index contributed by atoms with van der Waals surface area (Å²) in [5.41, 5.74) is 0.284. The van der Waals surface area contributed by atoms with Gasteiger partial charge in [0.2, 0.25) is 0 Å². The molecule has 98 valence electrons. The second-order valence-corrected chi connectivity index (χ2v) is 4.02. The van der Waals surface area contributed by atoms with Gasteiger partial charge in [0.15, 0.2) is 29.6 Å². The van der Waals surface area contributed by atoms with E-state index in [1.807, 2.05) is 0 Å². The summed E-state index contributed by atoms with van der Waals surface area (Å²) in [4.78, 5) is 10.6. The van der Waals surface area contributed by atoms with Crippen LogP contribution in [0.5, 0.6) is 0 Å². The molecule has 5 heteroatoms. The van der Waals surface area contributed by atoms with Gasteiger partial charge in [-0.1, -0.05) is 6.07 Å². The second-order valence-electron chi connectivity index (χ2n) is 4.02. The maximum absolute atomic E-state index is 13.2. The maximum Gasteiger partial charge on any atom is 0.169 e.